The zero-order valence-electron chi connectivity index (χ0n) is 6.46. The van der Waals surface area contributed by atoms with E-state index < -0.39 is 0 Å². The minimum Gasteiger partial charge on any atom is -0.242 e. The highest BCUT2D eigenvalue weighted by Crippen LogP contribution is 1.98. The number of aromatic nitrogens is 2. The summed E-state index contributed by atoms with van der Waals surface area (Å²) in [5.74, 6) is 0. The Morgan fingerprint density at radius 2 is 2.20 bits per heavy atom. The fourth-order valence-electron chi connectivity index (χ4n) is 0.903. The normalized spacial score (nSPS) is 9.80. The maximum atomic E-state index is 4.12. The predicted octanol–water partition coefficient (Wildman–Crippen LogP) is 1.74. The molecule has 1 rings (SSSR count). The van der Waals surface area contributed by atoms with Crippen LogP contribution in [0.4, 0.5) is 0 Å². The summed E-state index contributed by atoms with van der Waals surface area (Å²) < 4.78 is 0. The Hall–Kier alpha value is -0.920. The van der Waals surface area contributed by atoms with Crippen LogP contribution < -0.4 is 0 Å². The third-order valence-electron chi connectivity index (χ3n) is 1.37. The Morgan fingerprint density at radius 3 is 2.80 bits per heavy atom. The van der Waals surface area contributed by atoms with Crippen molar-refractivity contribution in [1.29, 1.82) is 0 Å². The maximum absolute atomic E-state index is 4.12. The molecule has 0 fully saturated rings. The molecule has 0 aliphatic heterocycles. The molecular weight excluding hydrogens is 124 g/mol. The van der Waals surface area contributed by atoms with Gasteiger partial charge in [0.25, 0.3) is 0 Å². The first-order valence-electron chi connectivity index (χ1n) is 3.60. The number of aryl methyl sites for hydroxylation is 2. The second kappa shape index (κ2) is 3.30. The number of rotatable bonds is 2. The molecule has 1 aromatic rings. The molecule has 0 spiro atoms. The van der Waals surface area contributed by atoms with Crippen LogP contribution in [-0.4, -0.2) is 9.97 Å². The van der Waals surface area contributed by atoms with Crippen LogP contribution in [0.3, 0.4) is 0 Å². The van der Waals surface area contributed by atoms with E-state index in [1.54, 1.807) is 6.33 Å². The molecule has 0 unspecified atom stereocenters. The highest BCUT2D eigenvalue weighted by molar-refractivity contribution is 5.05. The quantitative estimate of drug-likeness (QED) is 0.618. The molecule has 0 saturated carbocycles. The molecule has 54 valence electrons. The zero-order valence-corrected chi connectivity index (χ0v) is 6.46. The highest BCUT2D eigenvalue weighted by atomic mass is 14.8. The van der Waals surface area contributed by atoms with E-state index in [9.17, 15) is 0 Å². The fraction of sp³-hybridized carbons (Fsp3) is 0.500. The van der Waals surface area contributed by atoms with Gasteiger partial charge in [-0.3, -0.25) is 0 Å². The topological polar surface area (TPSA) is 25.8 Å². The molecule has 0 bridgehead atoms. The van der Waals surface area contributed by atoms with Crippen molar-refractivity contribution >= 4 is 0 Å². The minimum absolute atomic E-state index is 1.05. The van der Waals surface area contributed by atoms with Gasteiger partial charge in [-0.2, -0.15) is 0 Å². The molecule has 2 nitrogen and oxygen atoms in total. The van der Waals surface area contributed by atoms with Gasteiger partial charge in [0.15, 0.2) is 0 Å². The molecule has 1 aromatic heterocycles. The first-order chi connectivity index (χ1) is 4.83. The van der Waals surface area contributed by atoms with Gasteiger partial charge in [-0.05, 0) is 19.4 Å². The van der Waals surface area contributed by atoms with E-state index >= 15 is 0 Å². The van der Waals surface area contributed by atoms with E-state index in [4.69, 9.17) is 0 Å². The Bertz CT molecular complexity index is 208. The lowest BCUT2D eigenvalue weighted by Crippen LogP contribution is -1.91. The second-order valence-electron chi connectivity index (χ2n) is 2.40. The van der Waals surface area contributed by atoms with Crippen molar-refractivity contribution in [3.8, 4) is 0 Å². The van der Waals surface area contributed by atoms with Gasteiger partial charge in [-0.25, -0.2) is 9.97 Å². The SMILES string of the molecule is CCCc1cc(C)ncn1. The summed E-state index contributed by atoms with van der Waals surface area (Å²) in [6.45, 7) is 4.14. The van der Waals surface area contributed by atoms with Crippen LogP contribution in [0.25, 0.3) is 0 Å². The third-order valence-corrected chi connectivity index (χ3v) is 1.37. The molecule has 0 aliphatic carbocycles. The summed E-state index contributed by atoms with van der Waals surface area (Å²) in [6.07, 6.45) is 3.83. The molecule has 10 heavy (non-hydrogen) atoms. The van der Waals surface area contributed by atoms with Crippen LogP contribution >= 0.6 is 0 Å². The summed E-state index contributed by atoms with van der Waals surface area (Å²) in [7, 11) is 0. The van der Waals surface area contributed by atoms with Crippen molar-refractivity contribution in [2.24, 2.45) is 0 Å². The average molecular weight is 136 g/mol. The summed E-state index contributed by atoms with van der Waals surface area (Å²) >= 11 is 0. The third kappa shape index (κ3) is 1.79. The lowest BCUT2D eigenvalue weighted by Gasteiger charge is -1.96. The van der Waals surface area contributed by atoms with Crippen LogP contribution in [0.5, 0.6) is 0 Å². The van der Waals surface area contributed by atoms with E-state index in [1.807, 2.05) is 13.0 Å². The van der Waals surface area contributed by atoms with Gasteiger partial charge in [-0.1, -0.05) is 13.3 Å². The molecule has 0 aromatic carbocycles. The molecular formula is C8H12N2. The first-order valence-corrected chi connectivity index (χ1v) is 3.60. The standard InChI is InChI=1S/C8H12N2/c1-3-4-8-5-7(2)9-6-10-8/h5-6H,3-4H2,1-2H3. The summed E-state index contributed by atoms with van der Waals surface area (Å²) in [5.41, 5.74) is 2.20. The van der Waals surface area contributed by atoms with Crippen LogP contribution in [0.2, 0.25) is 0 Å². The lowest BCUT2D eigenvalue weighted by molar-refractivity contribution is 0.866. The van der Waals surface area contributed by atoms with Crippen molar-refractivity contribution in [2.45, 2.75) is 26.7 Å². The number of hydrogen-bond donors (Lipinski definition) is 0. The van der Waals surface area contributed by atoms with Crippen LogP contribution in [-0.2, 0) is 6.42 Å². The monoisotopic (exact) mass is 136 g/mol. The Balaban J connectivity index is 2.75. The van der Waals surface area contributed by atoms with Gasteiger partial charge in [-0.15, -0.1) is 0 Å². The van der Waals surface area contributed by atoms with Crippen molar-refractivity contribution in [3.63, 3.8) is 0 Å². The number of nitrogens with zero attached hydrogens (tertiary/aromatic N) is 2. The van der Waals surface area contributed by atoms with Crippen molar-refractivity contribution in [1.82, 2.24) is 9.97 Å². The van der Waals surface area contributed by atoms with Gasteiger partial charge >= 0.3 is 0 Å². The molecule has 0 amide bonds. The molecule has 2 heteroatoms. The van der Waals surface area contributed by atoms with Gasteiger partial charge in [0.1, 0.15) is 6.33 Å². The fourth-order valence-corrected chi connectivity index (χ4v) is 0.903. The minimum atomic E-state index is 1.05. The van der Waals surface area contributed by atoms with Gasteiger partial charge in [0.05, 0.1) is 0 Å². The van der Waals surface area contributed by atoms with Crippen molar-refractivity contribution < 1.29 is 0 Å². The molecule has 0 radical (unpaired) electrons. The van der Waals surface area contributed by atoms with E-state index in [0.717, 1.165) is 24.2 Å². The lowest BCUT2D eigenvalue weighted by atomic mass is 10.2. The predicted molar refractivity (Wildman–Crippen MR) is 40.8 cm³/mol. The molecule has 1 heterocycles. The van der Waals surface area contributed by atoms with Gasteiger partial charge in [0.2, 0.25) is 0 Å². The molecule has 0 N–H and O–H groups in total. The molecule has 0 atom stereocenters. The first kappa shape index (κ1) is 7.19. The summed E-state index contributed by atoms with van der Waals surface area (Å²) in [6, 6.07) is 2.03. The number of hydrogen-bond acceptors (Lipinski definition) is 2. The van der Waals surface area contributed by atoms with Gasteiger partial charge in [0, 0.05) is 11.4 Å². The maximum Gasteiger partial charge on any atom is 0.115 e. The van der Waals surface area contributed by atoms with Gasteiger partial charge < -0.3 is 0 Å². The average Bonchev–Trinajstić information content (AvgIpc) is 1.88. The second-order valence-corrected chi connectivity index (χ2v) is 2.40. The Kier molecular flexibility index (Phi) is 2.37. The molecule has 0 saturated heterocycles. The van der Waals surface area contributed by atoms with Crippen molar-refractivity contribution in [3.05, 3.63) is 23.8 Å². The van der Waals surface area contributed by atoms with E-state index in [0.29, 0.717) is 0 Å². The Labute approximate surface area is 61.3 Å². The van der Waals surface area contributed by atoms with Crippen LogP contribution in [0, 0.1) is 6.92 Å². The highest BCUT2D eigenvalue weighted by Gasteiger charge is 1.91. The molecule has 0 aliphatic rings. The summed E-state index contributed by atoms with van der Waals surface area (Å²) in [5, 5.41) is 0. The van der Waals surface area contributed by atoms with Crippen molar-refractivity contribution in [2.75, 3.05) is 0 Å². The zero-order chi connectivity index (χ0) is 7.40. The van der Waals surface area contributed by atoms with Crippen LogP contribution in [0.15, 0.2) is 12.4 Å². The Morgan fingerprint density at radius 1 is 1.40 bits per heavy atom. The van der Waals surface area contributed by atoms with Crippen LogP contribution in [0.1, 0.15) is 24.7 Å². The largest absolute Gasteiger partial charge is 0.242 e. The van der Waals surface area contributed by atoms with E-state index in [1.165, 1.54) is 0 Å². The van der Waals surface area contributed by atoms with E-state index in [2.05, 4.69) is 16.9 Å². The summed E-state index contributed by atoms with van der Waals surface area (Å²) in [4.78, 5) is 8.13. The van der Waals surface area contributed by atoms with E-state index in [-0.39, 0.29) is 0 Å². The smallest absolute Gasteiger partial charge is 0.115 e.